The Morgan fingerprint density at radius 1 is 1.19 bits per heavy atom. The Hall–Kier alpha value is -1.25. The van der Waals surface area contributed by atoms with E-state index in [0.717, 1.165) is 19.1 Å². The van der Waals surface area contributed by atoms with E-state index in [4.69, 9.17) is 4.74 Å². The molecule has 0 aliphatic carbocycles. The molecule has 0 N–H and O–H groups in total. The Bertz CT molecular complexity index is 753. The van der Waals surface area contributed by atoms with Gasteiger partial charge in [-0.1, -0.05) is 18.2 Å². The minimum Gasteiger partial charge on any atom is -0.456 e. The van der Waals surface area contributed by atoms with E-state index in [1.165, 1.54) is 0 Å². The first-order valence-corrected chi connectivity index (χ1v) is 8.98. The van der Waals surface area contributed by atoms with Crippen LogP contribution in [0, 0.1) is 3.57 Å². The molecule has 106 valence electrons. The van der Waals surface area contributed by atoms with Gasteiger partial charge in [0.15, 0.2) is 0 Å². The number of benzene rings is 1. The Labute approximate surface area is 143 Å². The van der Waals surface area contributed by atoms with Crippen LogP contribution in [-0.2, 0) is 11.3 Å². The zero-order chi connectivity index (χ0) is 14.7. The van der Waals surface area contributed by atoms with Gasteiger partial charge in [-0.15, -0.1) is 22.7 Å². The third kappa shape index (κ3) is 3.50. The number of nitrogens with zero attached hydrogens (tertiary/aromatic N) is 1. The van der Waals surface area contributed by atoms with Gasteiger partial charge in [0, 0.05) is 8.95 Å². The quantitative estimate of drug-likeness (QED) is 0.442. The minimum atomic E-state index is -0.314. The summed E-state index contributed by atoms with van der Waals surface area (Å²) in [5.74, 6) is -0.314. The summed E-state index contributed by atoms with van der Waals surface area (Å²) in [5, 5.41) is 4.91. The molecule has 0 aliphatic heterocycles. The average Bonchev–Trinajstić information content (AvgIpc) is 3.16. The first-order valence-electron chi connectivity index (χ1n) is 6.14. The fraction of sp³-hybridized carbons (Fsp3) is 0.0667. The van der Waals surface area contributed by atoms with Crippen LogP contribution in [0.2, 0.25) is 0 Å². The van der Waals surface area contributed by atoms with Crippen LogP contribution in [0.1, 0.15) is 16.1 Å². The summed E-state index contributed by atoms with van der Waals surface area (Å²) < 4.78 is 6.22. The molecule has 2 aromatic heterocycles. The predicted molar refractivity (Wildman–Crippen MR) is 93.7 cm³/mol. The van der Waals surface area contributed by atoms with E-state index < -0.39 is 0 Å². The van der Waals surface area contributed by atoms with Gasteiger partial charge in [-0.3, -0.25) is 0 Å². The number of ether oxygens (including phenoxy) is 1. The van der Waals surface area contributed by atoms with Crippen molar-refractivity contribution in [3.8, 4) is 9.88 Å². The largest absolute Gasteiger partial charge is 0.456 e. The van der Waals surface area contributed by atoms with Gasteiger partial charge < -0.3 is 4.74 Å². The van der Waals surface area contributed by atoms with Crippen LogP contribution in [0.3, 0.4) is 0 Å². The molecule has 0 unspecified atom stereocenters. The first kappa shape index (κ1) is 14.7. The lowest BCUT2D eigenvalue weighted by molar-refractivity contribution is 0.0467. The van der Waals surface area contributed by atoms with E-state index in [1.807, 2.05) is 41.1 Å². The molecule has 3 rings (SSSR count). The standard InChI is InChI=1S/C15H10INO2S2/c16-12-5-2-1-4-11(12)15(18)19-8-10-9-21-14(17-10)13-6-3-7-20-13/h1-7,9H,8H2. The molecule has 6 heteroatoms. The van der Waals surface area contributed by atoms with Crippen molar-refractivity contribution in [2.45, 2.75) is 6.61 Å². The molecule has 0 aliphatic rings. The second kappa shape index (κ2) is 6.67. The minimum absolute atomic E-state index is 0.200. The zero-order valence-corrected chi connectivity index (χ0v) is 14.6. The van der Waals surface area contributed by atoms with Crippen LogP contribution in [0.4, 0.5) is 0 Å². The number of halogens is 1. The van der Waals surface area contributed by atoms with Gasteiger partial charge >= 0.3 is 5.97 Å². The third-order valence-electron chi connectivity index (χ3n) is 2.73. The summed E-state index contributed by atoms with van der Waals surface area (Å²) >= 11 is 5.34. The molecule has 3 nitrogen and oxygen atoms in total. The molecular formula is C15H10INO2S2. The fourth-order valence-corrected chi connectivity index (χ4v) is 3.96. The molecule has 0 amide bonds. The SMILES string of the molecule is O=C(OCc1csc(-c2cccs2)n1)c1ccccc1I. The molecule has 0 radical (unpaired) electrons. The number of thiophene rings is 1. The van der Waals surface area contributed by atoms with Crippen molar-refractivity contribution in [1.29, 1.82) is 0 Å². The molecule has 0 bridgehead atoms. The molecular weight excluding hydrogens is 417 g/mol. The summed E-state index contributed by atoms with van der Waals surface area (Å²) in [6.45, 7) is 0.200. The highest BCUT2D eigenvalue weighted by Gasteiger charge is 2.12. The second-order valence-electron chi connectivity index (χ2n) is 4.18. The van der Waals surface area contributed by atoms with Crippen LogP contribution in [0.25, 0.3) is 9.88 Å². The maximum absolute atomic E-state index is 12.0. The summed E-state index contributed by atoms with van der Waals surface area (Å²) in [7, 11) is 0. The lowest BCUT2D eigenvalue weighted by atomic mass is 10.2. The maximum Gasteiger partial charge on any atom is 0.339 e. The molecule has 0 spiro atoms. The van der Waals surface area contributed by atoms with Crippen molar-refractivity contribution in [2.75, 3.05) is 0 Å². The molecule has 0 atom stereocenters. The van der Waals surface area contributed by atoms with Crippen LogP contribution in [-0.4, -0.2) is 11.0 Å². The van der Waals surface area contributed by atoms with Crippen molar-refractivity contribution >= 4 is 51.2 Å². The highest BCUT2D eigenvalue weighted by atomic mass is 127. The number of hydrogen-bond acceptors (Lipinski definition) is 5. The average molecular weight is 427 g/mol. The highest BCUT2D eigenvalue weighted by molar-refractivity contribution is 14.1. The molecule has 0 saturated carbocycles. The predicted octanol–water partition coefficient (Wildman–Crippen LogP) is 4.83. The first-order chi connectivity index (χ1) is 10.2. The van der Waals surface area contributed by atoms with E-state index in [1.54, 1.807) is 28.7 Å². The summed E-state index contributed by atoms with van der Waals surface area (Å²) in [4.78, 5) is 17.6. The molecule has 0 fully saturated rings. The van der Waals surface area contributed by atoms with Crippen molar-refractivity contribution in [3.05, 3.63) is 62.0 Å². The number of carbonyl (C=O) groups excluding carboxylic acids is 1. The number of hydrogen-bond donors (Lipinski definition) is 0. The van der Waals surface area contributed by atoms with Gasteiger partial charge in [-0.05, 0) is 46.2 Å². The van der Waals surface area contributed by atoms with Crippen LogP contribution >= 0.6 is 45.3 Å². The third-order valence-corrected chi connectivity index (χ3v) is 5.60. The Kier molecular flexibility index (Phi) is 4.67. The van der Waals surface area contributed by atoms with Crippen molar-refractivity contribution in [3.63, 3.8) is 0 Å². The normalized spacial score (nSPS) is 10.5. The zero-order valence-electron chi connectivity index (χ0n) is 10.8. The van der Waals surface area contributed by atoms with Gasteiger partial charge in [0.05, 0.1) is 16.1 Å². The van der Waals surface area contributed by atoms with Crippen molar-refractivity contribution in [2.24, 2.45) is 0 Å². The molecule has 1 aromatic carbocycles. The fourth-order valence-electron chi connectivity index (χ4n) is 1.73. The summed E-state index contributed by atoms with van der Waals surface area (Å²) in [6, 6.07) is 11.4. The number of thiazole rings is 1. The molecule has 21 heavy (non-hydrogen) atoms. The van der Waals surface area contributed by atoms with Gasteiger partial charge in [0.25, 0.3) is 0 Å². The molecule has 0 saturated heterocycles. The van der Waals surface area contributed by atoms with Gasteiger partial charge in [-0.25, -0.2) is 9.78 Å². The van der Waals surface area contributed by atoms with Crippen molar-refractivity contribution in [1.82, 2.24) is 4.98 Å². The van der Waals surface area contributed by atoms with Crippen LogP contribution in [0.15, 0.2) is 47.2 Å². The Balaban J connectivity index is 1.66. The molecule has 2 heterocycles. The molecule has 3 aromatic rings. The smallest absolute Gasteiger partial charge is 0.339 e. The number of carbonyl (C=O) groups is 1. The van der Waals surface area contributed by atoms with Crippen LogP contribution in [0.5, 0.6) is 0 Å². The second-order valence-corrected chi connectivity index (χ2v) is 7.15. The highest BCUT2D eigenvalue weighted by Crippen LogP contribution is 2.28. The topological polar surface area (TPSA) is 39.2 Å². The Morgan fingerprint density at radius 2 is 2.05 bits per heavy atom. The van der Waals surface area contributed by atoms with E-state index in [2.05, 4.69) is 27.6 Å². The van der Waals surface area contributed by atoms with Gasteiger partial charge in [0.2, 0.25) is 0 Å². The summed E-state index contributed by atoms with van der Waals surface area (Å²) in [5.41, 5.74) is 1.37. The lowest BCUT2D eigenvalue weighted by Gasteiger charge is -2.04. The number of aromatic nitrogens is 1. The van der Waals surface area contributed by atoms with Gasteiger partial charge in [-0.2, -0.15) is 0 Å². The number of esters is 1. The van der Waals surface area contributed by atoms with Crippen molar-refractivity contribution < 1.29 is 9.53 Å². The number of rotatable bonds is 4. The Morgan fingerprint density at radius 3 is 2.81 bits per heavy atom. The van der Waals surface area contributed by atoms with E-state index >= 15 is 0 Å². The monoisotopic (exact) mass is 427 g/mol. The van der Waals surface area contributed by atoms with Crippen LogP contribution < -0.4 is 0 Å². The summed E-state index contributed by atoms with van der Waals surface area (Å²) in [6.07, 6.45) is 0. The van der Waals surface area contributed by atoms with E-state index in [-0.39, 0.29) is 12.6 Å². The lowest BCUT2D eigenvalue weighted by Crippen LogP contribution is -2.07. The van der Waals surface area contributed by atoms with E-state index in [9.17, 15) is 4.79 Å². The van der Waals surface area contributed by atoms with Gasteiger partial charge in [0.1, 0.15) is 11.6 Å². The van der Waals surface area contributed by atoms with E-state index in [0.29, 0.717) is 5.56 Å². The maximum atomic E-state index is 12.0.